The maximum absolute atomic E-state index is 9.85. The van der Waals surface area contributed by atoms with Crippen LogP contribution in [0.3, 0.4) is 0 Å². The molecule has 0 spiro atoms. The molecule has 1 aliphatic rings. The van der Waals surface area contributed by atoms with Crippen molar-refractivity contribution in [3.8, 4) is 40.5 Å². The fourth-order valence-corrected chi connectivity index (χ4v) is 3.61. The molecule has 152 valence electrons. The molecule has 2 aromatic carbocycles. The van der Waals surface area contributed by atoms with Gasteiger partial charge in [-0.05, 0) is 35.9 Å². The summed E-state index contributed by atoms with van der Waals surface area (Å²) >= 11 is 0. The lowest BCUT2D eigenvalue weighted by atomic mass is 9.83. The van der Waals surface area contributed by atoms with Gasteiger partial charge in [0.2, 0.25) is 11.8 Å². The molecule has 0 saturated heterocycles. The van der Waals surface area contributed by atoms with Gasteiger partial charge in [0.05, 0.1) is 38.5 Å². The van der Waals surface area contributed by atoms with Gasteiger partial charge >= 0.3 is 0 Å². The Morgan fingerprint density at radius 3 is 2.53 bits per heavy atom. The Bertz CT molecular complexity index is 1180. The Balaban J connectivity index is 1.97. The number of methoxy groups -OCH3 is 3. The standard InChI is InChI=1S/C22H20N4O4/c1-27-13-6-4-5-12(9-13)18-16(11-23)21(24)30-22-19(18)20(25-26-22)15-10-14(28-2)7-8-17(15)29-3/h4-10,18H,24H2,1-3H3,(H,25,26). The summed E-state index contributed by atoms with van der Waals surface area (Å²) in [5.41, 5.74) is 9.22. The molecule has 0 aliphatic carbocycles. The summed E-state index contributed by atoms with van der Waals surface area (Å²) in [5, 5.41) is 17.2. The van der Waals surface area contributed by atoms with E-state index < -0.39 is 5.92 Å². The highest BCUT2D eigenvalue weighted by Crippen LogP contribution is 2.48. The van der Waals surface area contributed by atoms with Gasteiger partial charge in [0, 0.05) is 5.56 Å². The summed E-state index contributed by atoms with van der Waals surface area (Å²) in [5.74, 6) is 1.76. The largest absolute Gasteiger partial charge is 0.497 e. The van der Waals surface area contributed by atoms with Crippen LogP contribution in [0.4, 0.5) is 0 Å². The molecule has 3 aromatic rings. The highest BCUT2D eigenvalue weighted by molar-refractivity contribution is 5.76. The fourth-order valence-electron chi connectivity index (χ4n) is 3.61. The molecule has 0 bridgehead atoms. The Labute approximate surface area is 173 Å². The van der Waals surface area contributed by atoms with Crippen LogP contribution in [0.5, 0.6) is 23.1 Å². The normalized spacial score (nSPS) is 15.1. The van der Waals surface area contributed by atoms with E-state index in [0.29, 0.717) is 40.0 Å². The number of nitriles is 1. The van der Waals surface area contributed by atoms with Gasteiger partial charge in [-0.1, -0.05) is 12.1 Å². The molecule has 8 nitrogen and oxygen atoms in total. The van der Waals surface area contributed by atoms with Crippen molar-refractivity contribution in [2.24, 2.45) is 5.73 Å². The number of hydrogen-bond donors (Lipinski definition) is 2. The predicted molar refractivity (Wildman–Crippen MR) is 109 cm³/mol. The summed E-state index contributed by atoms with van der Waals surface area (Å²) in [6.07, 6.45) is 0. The van der Waals surface area contributed by atoms with E-state index in [1.165, 1.54) is 0 Å². The van der Waals surface area contributed by atoms with E-state index in [1.807, 2.05) is 30.3 Å². The van der Waals surface area contributed by atoms with E-state index in [1.54, 1.807) is 33.5 Å². The molecule has 0 radical (unpaired) electrons. The van der Waals surface area contributed by atoms with Crippen molar-refractivity contribution in [2.75, 3.05) is 21.3 Å². The third-order valence-electron chi connectivity index (χ3n) is 5.04. The van der Waals surface area contributed by atoms with Gasteiger partial charge < -0.3 is 24.7 Å². The van der Waals surface area contributed by atoms with Crippen molar-refractivity contribution >= 4 is 0 Å². The number of ether oxygens (including phenoxy) is 4. The summed E-state index contributed by atoms with van der Waals surface area (Å²) in [4.78, 5) is 0. The summed E-state index contributed by atoms with van der Waals surface area (Å²) in [6, 6.07) is 15.1. The lowest BCUT2D eigenvalue weighted by Gasteiger charge is -2.24. The highest BCUT2D eigenvalue weighted by Gasteiger charge is 2.36. The van der Waals surface area contributed by atoms with Crippen LogP contribution >= 0.6 is 0 Å². The molecular formula is C22H20N4O4. The summed E-state index contributed by atoms with van der Waals surface area (Å²) in [6.45, 7) is 0. The third kappa shape index (κ3) is 3.06. The second-order valence-corrected chi connectivity index (χ2v) is 6.59. The SMILES string of the molecule is COc1cccc(C2C(C#N)=C(N)Oc3n[nH]c(-c4cc(OC)ccc4OC)c32)c1. The van der Waals surface area contributed by atoms with Crippen LogP contribution in [0, 0.1) is 11.3 Å². The number of benzene rings is 2. The van der Waals surface area contributed by atoms with Crippen molar-refractivity contribution in [3.63, 3.8) is 0 Å². The molecular weight excluding hydrogens is 384 g/mol. The molecule has 1 atom stereocenters. The topological polar surface area (TPSA) is 115 Å². The Morgan fingerprint density at radius 1 is 1.07 bits per heavy atom. The van der Waals surface area contributed by atoms with Gasteiger partial charge in [0.15, 0.2) is 0 Å². The van der Waals surface area contributed by atoms with Crippen molar-refractivity contribution in [1.29, 1.82) is 5.26 Å². The zero-order valence-corrected chi connectivity index (χ0v) is 16.7. The van der Waals surface area contributed by atoms with E-state index in [9.17, 15) is 5.26 Å². The van der Waals surface area contributed by atoms with Gasteiger partial charge in [0.25, 0.3) is 0 Å². The van der Waals surface area contributed by atoms with E-state index in [4.69, 9.17) is 24.7 Å². The minimum absolute atomic E-state index is 0.0217. The molecule has 30 heavy (non-hydrogen) atoms. The van der Waals surface area contributed by atoms with Gasteiger partial charge in [-0.15, -0.1) is 5.10 Å². The Hall–Kier alpha value is -4.12. The van der Waals surface area contributed by atoms with Gasteiger partial charge in [-0.25, -0.2) is 0 Å². The number of H-pyrrole nitrogens is 1. The third-order valence-corrected chi connectivity index (χ3v) is 5.04. The van der Waals surface area contributed by atoms with Crippen LogP contribution in [0.15, 0.2) is 53.9 Å². The number of fused-ring (bicyclic) bond motifs is 1. The fraction of sp³-hybridized carbons (Fsp3) is 0.182. The maximum Gasteiger partial charge on any atom is 0.244 e. The maximum atomic E-state index is 9.85. The first-order valence-corrected chi connectivity index (χ1v) is 9.13. The van der Waals surface area contributed by atoms with Crippen LogP contribution in [0.2, 0.25) is 0 Å². The molecule has 3 N–H and O–H groups in total. The van der Waals surface area contributed by atoms with Crippen LogP contribution in [0.25, 0.3) is 11.3 Å². The molecule has 4 rings (SSSR count). The van der Waals surface area contributed by atoms with E-state index in [0.717, 1.165) is 11.1 Å². The minimum atomic E-state index is -0.501. The van der Waals surface area contributed by atoms with Gasteiger partial charge in [-0.3, -0.25) is 5.10 Å². The lowest BCUT2D eigenvalue weighted by molar-refractivity contribution is 0.378. The van der Waals surface area contributed by atoms with Crippen LogP contribution in [-0.2, 0) is 0 Å². The van der Waals surface area contributed by atoms with Crippen molar-refractivity contribution in [1.82, 2.24) is 10.2 Å². The molecule has 1 aliphatic heterocycles. The van der Waals surface area contributed by atoms with E-state index in [2.05, 4.69) is 16.3 Å². The smallest absolute Gasteiger partial charge is 0.244 e. The molecule has 0 amide bonds. The second-order valence-electron chi connectivity index (χ2n) is 6.59. The monoisotopic (exact) mass is 404 g/mol. The molecule has 0 saturated carbocycles. The molecule has 2 heterocycles. The van der Waals surface area contributed by atoms with Crippen molar-refractivity contribution in [2.45, 2.75) is 5.92 Å². The molecule has 1 unspecified atom stereocenters. The quantitative estimate of drug-likeness (QED) is 0.670. The zero-order chi connectivity index (χ0) is 21.3. The number of aromatic nitrogens is 2. The van der Waals surface area contributed by atoms with E-state index in [-0.39, 0.29) is 5.88 Å². The summed E-state index contributed by atoms with van der Waals surface area (Å²) < 4.78 is 22.0. The van der Waals surface area contributed by atoms with Crippen LogP contribution < -0.4 is 24.7 Å². The van der Waals surface area contributed by atoms with Gasteiger partial charge in [0.1, 0.15) is 28.9 Å². The van der Waals surface area contributed by atoms with Crippen LogP contribution in [0.1, 0.15) is 17.0 Å². The number of hydrogen-bond acceptors (Lipinski definition) is 7. The Morgan fingerprint density at radius 2 is 1.83 bits per heavy atom. The first-order valence-electron chi connectivity index (χ1n) is 9.13. The molecule has 1 aromatic heterocycles. The average Bonchev–Trinajstić information content (AvgIpc) is 3.20. The number of nitrogens with one attached hydrogen (secondary N) is 1. The zero-order valence-electron chi connectivity index (χ0n) is 16.7. The Kier molecular flexibility index (Phi) is 4.94. The summed E-state index contributed by atoms with van der Waals surface area (Å²) in [7, 11) is 4.77. The lowest BCUT2D eigenvalue weighted by Crippen LogP contribution is -2.21. The number of rotatable bonds is 5. The minimum Gasteiger partial charge on any atom is -0.497 e. The number of nitrogens with two attached hydrogens (primary N) is 1. The highest BCUT2D eigenvalue weighted by atomic mass is 16.5. The van der Waals surface area contributed by atoms with Gasteiger partial charge in [-0.2, -0.15) is 5.26 Å². The van der Waals surface area contributed by atoms with E-state index >= 15 is 0 Å². The molecule has 0 fully saturated rings. The van der Waals surface area contributed by atoms with Crippen molar-refractivity contribution in [3.05, 3.63) is 65.0 Å². The average molecular weight is 404 g/mol. The predicted octanol–water partition coefficient (Wildman–Crippen LogP) is 3.32. The number of aromatic amines is 1. The first-order chi connectivity index (χ1) is 14.6. The first kappa shape index (κ1) is 19.2. The van der Waals surface area contributed by atoms with Crippen molar-refractivity contribution < 1.29 is 18.9 Å². The number of nitrogens with zero attached hydrogens (tertiary/aromatic N) is 2. The number of allylic oxidation sites excluding steroid dienone is 1. The second kappa shape index (κ2) is 7.72. The molecule has 8 heteroatoms. The van der Waals surface area contributed by atoms with Crippen LogP contribution in [-0.4, -0.2) is 31.5 Å².